The van der Waals surface area contributed by atoms with E-state index in [2.05, 4.69) is 0 Å². The number of halogens is 2. The minimum Gasteiger partial charge on any atom is -0.507 e. The summed E-state index contributed by atoms with van der Waals surface area (Å²) in [5.41, 5.74) is 0. The van der Waals surface area contributed by atoms with Gasteiger partial charge in [-0.15, -0.1) is 0 Å². The molecule has 0 spiro atoms. The van der Waals surface area contributed by atoms with Crippen molar-refractivity contribution in [1.82, 2.24) is 0 Å². The molecule has 0 atom stereocenters. The third-order valence-corrected chi connectivity index (χ3v) is 0. The van der Waals surface area contributed by atoms with E-state index in [9.17, 15) is 8.78 Å². The van der Waals surface area contributed by atoms with Gasteiger partial charge in [0.1, 0.15) is 0 Å². The number of rotatable bonds is 0. The summed E-state index contributed by atoms with van der Waals surface area (Å²) in [7, 11) is 0. The Balaban J connectivity index is -0.0000000400. The van der Waals surface area contributed by atoms with Crippen LogP contribution >= 0.6 is 0 Å². The van der Waals surface area contributed by atoms with Crippen LogP contribution in [0.15, 0.2) is 0 Å². The van der Waals surface area contributed by atoms with E-state index >= 15 is 0 Å². The first kappa shape index (κ1) is 19.0. The Labute approximate surface area is 32.8 Å². The fourth-order valence-corrected chi connectivity index (χ4v) is 0. The van der Waals surface area contributed by atoms with Crippen LogP contribution in [0.3, 0.4) is 0 Å². The van der Waals surface area contributed by atoms with Crippen molar-refractivity contribution >= 4 is 13.1 Å². The molecule has 0 saturated carbocycles. The van der Waals surface area contributed by atoms with E-state index in [0.717, 1.165) is 0 Å². The van der Waals surface area contributed by atoms with Crippen LogP contribution in [0.1, 0.15) is 0 Å². The second-order valence-corrected chi connectivity index (χ2v) is 0.154. The molecular weight excluding hydrogens is 361 g/mol. The van der Waals surface area contributed by atoms with Crippen LogP contribution in [0.5, 0.6) is 0 Å². The van der Waals surface area contributed by atoms with Gasteiger partial charge in [0.15, 0.2) is 0 Å². The molecule has 38 valence electrons. The fourth-order valence-electron chi connectivity index (χ4n) is 0. The van der Waals surface area contributed by atoms with Crippen molar-refractivity contribution in [3.63, 3.8) is 0 Å². The van der Waals surface area contributed by atoms with Crippen LogP contribution in [0.25, 0.3) is 0 Å². The van der Waals surface area contributed by atoms with Gasteiger partial charge in [-0.25, -0.2) is 0 Å². The zero-order valence-corrected chi connectivity index (χ0v) is 9.68. The maximum atomic E-state index is 9.49. The van der Waals surface area contributed by atoms with Crippen LogP contribution in [-0.4, -0.2) is 13.1 Å². The van der Waals surface area contributed by atoms with Crippen molar-refractivity contribution in [1.29, 1.82) is 0 Å². The number of hydrogen-bond donors (Lipinski definition) is 0. The second-order valence-electron chi connectivity index (χ2n) is 0.154. The quantitative estimate of drug-likeness (QED) is 0.452. The molecule has 0 saturated heterocycles. The molecule has 0 amide bonds. The molecule has 0 heterocycles. The molecule has 0 fully saturated rings. The first-order valence-electron chi connectivity index (χ1n) is 0.786. The van der Waals surface area contributed by atoms with E-state index in [-0.39, 0.29) is 13.1 Å². The Bertz CT molecular complexity index is 34.7. The van der Waals surface area contributed by atoms with Crippen molar-refractivity contribution in [2.75, 3.05) is 0 Å². The van der Waals surface area contributed by atoms with E-state index in [1.165, 1.54) is 0 Å². The van der Waals surface area contributed by atoms with Crippen molar-refractivity contribution < 1.29 is 18.4 Å². The molecule has 0 N–H and O–H groups in total. The Hall–Kier alpha value is -1.80. The molecule has 0 unspecified atom stereocenters. The predicted octanol–water partition coefficient (Wildman–Crippen LogP) is 0.0462. The average Bonchev–Trinajstić information content (AvgIpc) is 1.39. The Morgan fingerprint density at radius 2 is 1.00 bits per heavy atom. The topological polar surface area (TPSA) is 34.1 Å². The summed E-state index contributed by atoms with van der Waals surface area (Å²) in [6.07, 6.45) is 0. The van der Waals surface area contributed by atoms with Crippen LogP contribution in [0.2, 0.25) is 0 Å². The van der Waals surface area contributed by atoms with E-state index in [1.807, 2.05) is 0 Å². The molecule has 0 aliphatic heterocycles. The van der Waals surface area contributed by atoms with Crippen molar-refractivity contribution in [3.8, 4) is 0 Å². The van der Waals surface area contributed by atoms with Crippen LogP contribution in [0.4, 0.5) is 8.78 Å². The second kappa shape index (κ2) is 1080. The van der Waals surface area contributed by atoms with Crippen molar-refractivity contribution in [3.05, 3.63) is 0 Å². The van der Waals surface area contributed by atoms with Gasteiger partial charge in [-0.3, -0.25) is 0 Å². The molecule has 2 nitrogen and oxygen atoms in total. The van der Waals surface area contributed by atoms with Gasteiger partial charge >= 0.3 is 0 Å². The average molecular weight is 361 g/mol. The zero-order valence-electron chi connectivity index (χ0n) is 3.28. The van der Waals surface area contributed by atoms with Gasteiger partial charge in [-0.05, 0) is 0 Å². The first-order chi connectivity index (χ1) is 2.83. The molecule has 0 aromatic rings. The van der Waals surface area contributed by atoms with Crippen molar-refractivity contribution in [2.24, 2.45) is 0 Å². The molecule has 0 aliphatic rings. The molecule has 0 aromatic heterocycles. The molecule has 0 aliphatic carbocycles. The molecule has 0 aromatic carbocycles. The van der Waals surface area contributed by atoms with Gasteiger partial charge in [0.05, 0.1) is 0 Å². The van der Waals surface area contributed by atoms with Crippen LogP contribution in [-0.2, 0) is 9.59 Å². The number of hydrogen-bond acceptors (Lipinski definition) is 2. The number of carbonyl (C=O) groups excluding carboxylic acids is 2. The van der Waals surface area contributed by atoms with E-state index < -0.39 is 0 Å². The SMILES string of the molecule is O=[C-]F.O=[C-]F.[Rf]. The van der Waals surface area contributed by atoms with E-state index in [1.54, 1.807) is 0 Å². The Kier molecular flexibility index (Phi) is 2910. The fraction of sp³-hybridized carbons (Fsp3) is 0. The van der Waals surface area contributed by atoms with E-state index in [0.29, 0.717) is 0 Å². The summed E-state index contributed by atoms with van der Waals surface area (Å²) in [5.74, 6) is 0. The summed E-state index contributed by atoms with van der Waals surface area (Å²) in [5, 5.41) is 0. The first-order valence-corrected chi connectivity index (χ1v) is 0.786. The van der Waals surface area contributed by atoms with Crippen molar-refractivity contribution in [2.45, 2.75) is 0 Å². The monoisotopic (exact) mass is 361 g/mol. The molecule has 0 radical (unpaired) electrons. The predicted molar refractivity (Wildman–Crippen MR) is 13.6 cm³/mol. The van der Waals surface area contributed by atoms with Gasteiger partial charge in [-0.1, -0.05) is 13.1 Å². The molecular formula is C2F2O2Rf-2. The van der Waals surface area contributed by atoms with Gasteiger partial charge in [-0.2, -0.15) is 0 Å². The maximum Gasteiger partial charge on any atom is 0 e. The van der Waals surface area contributed by atoms with Crippen LogP contribution in [0, 0.1) is 0 Å². The molecule has 7 heavy (non-hydrogen) atoms. The van der Waals surface area contributed by atoms with E-state index in [4.69, 9.17) is 9.59 Å². The Morgan fingerprint density at radius 3 is 1.00 bits per heavy atom. The van der Waals surface area contributed by atoms with Gasteiger partial charge in [0, 0.05) is 0 Å². The Morgan fingerprint density at radius 1 is 1.00 bits per heavy atom. The third-order valence-electron chi connectivity index (χ3n) is 0. The zero-order chi connectivity index (χ0) is 5.41. The van der Waals surface area contributed by atoms with Gasteiger partial charge in [0.2, 0.25) is 0 Å². The summed E-state index contributed by atoms with van der Waals surface area (Å²) < 4.78 is 19.0. The van der Waals surface area contributed by atoms with Crippen LogP contribution < -0.4 is 0 Å². The smallest absolute Gasteiger partial charge is 0 e. The largest absolute Gasteiger partial charge is 0.507 e. The third kappa shape index (κ3) is 6.27. The minimum atomic E-state index is 0. The minimum absolute atomic E-state index is 0. The summed E-state index contributed by atoms with van der Waals surface area (Å²) in [6, 6.07) is 0. The van der Waals surface area contributed by atoms with Gasteiger partial charge in [0.25, 0.3) is 0 Å². The summed E-state index contributed by atoms with van der Waals surface area (Å²) >= 11 is 0. The normalized spacial score (nSPS) is 3.71. The molecule has 5 heteroatoms. The molecule has 0 bridgehead atoms. The summed E-state index contributed by atoms with van der Waals surface area (Å²) in [6.45, 7) is 0. The summed E-state index contributed by atoms with van der Waals surface area (Å²) in [4.78, 5) is 16.0. The standard InChI is InChI=1S/2CFO.Rf/c2*2-1-3;/q2*-1;. The maximum absolute atomic E-state index is 9.49. The molecule has 0 rings (SSSR count). The van der Waals surface area contributed by atoms with Gasteiger partial charge < -0.3 is 18.4 Å².